The number of carbonyl (C=O) groups excluding carboxylic acids is 1. The second-order valence-electron chi connectivity index (χ2n) is 6.72. The summed E-state index contributed by atoms with van der Waals surface area (Å²) in [4.78, 5) is 12.2. The molecule has 116 valence electrons. The number of nitrogens with one attached hydrogen (secondary N) is 1. The Morgan fingerprint density at radius 3 is 2.62 bits per heavy atom. The van der Waals surface area contributed by atoms with Crippen LogP contribution in [0.1, 0.15) is 56.3 Å². The highest BCUT2D eigenvalue weighted by Crippen LogP contribution is 2.42. The van der Waals surface area contributed by atoms with Crippen molar-refractivity contribution in [2.24, 2.45) is 11.3 Å². The SMILES string of the molecule is CC(C)CC1(CNC(=O)c2ccc(F)cc2N)CCCC1. The van der Waals surface area contributed by atoms with E-state index in [2.05, 4.69) is 19.2 Å². The maximum atomic E-state index is 13.0. The maximum absolute atomic E-state index is 13.0. The normalized spacial score (nSPS) is 17.1. The second-order valence-corrected chi connectivity index (χ2v) is 6.72. The van der Waals surface area contributed by atoms with E-state index in [1.807, 2.05) is 0 Å². The average molecular weight is 292 g/mol. The van der Waals surface area contributed by atoms with Crippen LogP contribution < -0.4 is 11.1 Å². The van der Waals surface area contributed by atoms with Crippen molar-refractivity contribution in [3.8, 4) is 0 Å². The van der Waals surface area contributed by atoms with Crippen LogP contribution in [0.2, 0.25) is 0 Å². The van der Waals surface area contributed by atoms with Gasteiger partial charge in [0.25, 0.3) is 5.91 Å². The van der Waals surface area contributed by atoms with Gasteiger partial charge in [-0.2, -0.15) is 0 Å². The molecule has 4 heteroatoms. The largest absolute Gasteiger partial charge is 0.398 e. The molecule has 1 saturated carbocycles. The zero-order chi connectivity index (χ0) is 15.5. The second kappa shape index (κ2) is 6.46. The molecule has 0 radical (unpaired) electrons. The number of benzene rings is 1. The van der Waals surface area contributed by atoms with Gasteiger partial charge in [0.1, 0.15) is 5.82 Å². The van der Waals surface area contributed by atoms with Gasteiger partial charge >= 0.3 is 0 Å². The Bertz CT molecular complexity index is 508. The number of halogens is 1. The van der Waals surface area contributed by atoms with Crippen molar-refractivity contribution in [2.75, 3.05) is 12.3 Å². The highest BCUT2D eigenvalue weighted by molar-refractivity contribution is 5.99. The summed E-state index contributed by atoms with van der Waals surface area (Å²) in [6.45, 7) is 5.13. The van der Waals surface area contributed by atoms with Gasteiger partial charge in [0.2, 0.25) is 0 Å². The molecule has 0 spiro atoms. The van der Waals surface area contributed by atoms with E-state index in [0.717, 1.165) is 6.42 Å². The van der Waals surface area contributed by atoms with E-state index in [1.54, 1.807) is 0 Å². The summed E-state index contributed by atoms with van der Waals surface area (Å²) in [7, 11) is 0. The van der Waals surface area contributed by atoms with E-state index in [-0.39, 0.29) is 17.0 Å². The van der Waals surface area contributed by atoms with Crippen LogP contribution in [0.15, 0.2) is 18.2 Å². The van der Waals surface area contributed by atoms with E-state index in [1.165, 1.54) is 43.9 Å². The monoisotopic (exact) mass is 292 g/mol. The van der Waals surface area contributed by atoms with Crippen LogP contribution in [0.25, 0.3) is 0 Å². The number of hydrogen-bond acceptors (Lipinski definition) is 2. The van der Waals surface area contributed by atoms with Gasteiger partial charge in [0, 0.05) is 12.2 Å². The lowest BCUT2D eigenvalue weighted by atomic mass is 9.78. The van der Waals surface area contributed by atoms with Gasteiger partial charge in [-0.25, -0.2) is 4.39 Å². The number of rotatable bonds is 5. The molecule has 21 heavy (non-hydrogen) atoms. The van der Waals surface area contributed by atoms with Crippen LogP contribution in [0.4, 0.5) is 10.1 Å². The standard InChI is InChI=1S/C17H25FN2O/c1-12(2)10-17(7-3-4-8-17)11-20-16(21)14-6-5-13(18)9-15(14)19/h5-6,9,12H,3-4,7-8,10-11,19H2,1-2H3,(H,20,21). The Kier molecular flexibility index (Phi) is 4.86. The molecule has 3 nitrogen and oxygen atoms in total. The Labute approximate surface area is 126 Å². The fourth-order valence-electron chi connectivity index (χ4n) is 3.55. The van der Waals surface area contributed by atoms with Crippen molar-refractivity contribution in [1.29, 1.82) is 0 Å². The predicted molar refractivity (Wildman–Crippen MR) is 83.5 cm³/mol. The number of anilines is 1. The molecule has 1 aromatic carbocycles. The smallest absolute Gasteiger partial charge is 0.253 e. The van der Waals surface area contributed by atoms with Crippen LogP contribution in [-0.2, 0) is 0 Å². The fraction of sp³-hybridized carbons (Fsp3) is 0.588. The molecule has 1 fully saturated rings. The van der Waals surface area contributed by atoms with E-state index >= 15 is 0 Å². The lowest BCUT2D eigenvalue weighted by Gasteiger charge is -2.31. The van der Waals surface area contributed by atoms with Crippen LogP contribution >= 0.6 is 0 Å². The van der Waals surface area contributed by atoms with Crippen molar-refractivity contribution >= 4 is 11.6 Å². The maximum Gasteiger partial charge on any atom is 0.253 e. The van der Waals surface area contributed by atoms with Crippen LogP contribution in [-0.4, -0.2) is 12.5 Å². The summed E-state index contributed by atoms with van der Waals surface area (Å²) >= 11 is 0. The minimum atomic E-state index is -0.420. The summed E-state index contributed by atoms with van der Waals surface area (Å²) < 4.78 is 13.0. The first-order valence-corrected chi connectivity index (χ1v) is 7.75. The lowest BCUT2D eigenvalue weighted by Crippen LogP contribution is -2.37. The molecule has 0 aliphatic heterocycles. The Morgan fingerprint density at radius 2 is 2.05 bits per heavy atom. The zero-order valence-corrected chi connectivity index (χ0v) is 12.9. The molecule has 0 aromatic heterocycles. The van der Waals surface area contributed by atoms with E-state index in [9.17, 15) is 9.18 Å². The molecule has 0 bridgehead atoms. The van der Waals surface area contributed by atoms with Crippen LogP contribution in [0.5, 0.6) is 0 Å². The highest BCUT2D eigenvalue weighted by atomic mass is 19.1. The van der Waals surface area contributed by atoms with Crippen molar-refractivity contribution in [1.82, 2.24) is 5.32 Å². The molecule has 0 saturated heterocycles. The van der Waals surface area contributed by atoms with Crippen molar-refractivity contribution in [3.63, 3.8) is 0 Å². The molecule has 1 aliphatic carbocycles. The molecule has 2 rings (SSSR count). The Morgan fingerprint density at radius 1 is 1.38 bits per heavy atom. The lowest BCUT2D eigenvalue weighted by molar-refractivity contribution is 0.0922. The fourth-order valence-corrected chi connectivity index (χ4v) is 3.55. The summed E-state index contributed by atoms with van der Waals surface area (Å²) in [6, 6.07) is 3.91. The van der Waals surface area contributed by atoms with Crippen molar-refractivity contribution in [2.45, 2.75) is 46.0 Å². The van der Waals surface area contributed by atoms with Gasteiger partial charge in [0.15, 0.2) is 0 Å². The number of nitrogen functional groups attached to an aromatic ring is 1. The third-order valence-electron chi connectivity index (χ3n) is 4.39. The van der Waals surface area contributed by atoms with Gasteiger partial charge in [-0.1, -0.05) is 26.7 Å². The first kappa shape index (κ1) is 15.8. The van der Waals surface area contributed by atoms with Crippen LogP contribution in [0, 0.1) is 17.2 Å². The quantitative estimate of drug-likeness (QED) is 0.812. The minimum Gasteiger partial charge on any atom is -0.398 e. The summed E-state index contributed by atoms with van der Waals surface area (Å²) in [6.07, 6.45) is 5.95. The first-order chi connectivity index (χ1) is 9.92. The predicted octanol–water partition coefficient (Wildman–Crippen LogP) is 3.74. The van der Waals surface area contributed by atoms with Gasteiger partial charge < -0.3 is 11.1 Å². The highest BCUT2D eigenvalue weighted by Gasteiger charge is 2.34. The number of carbonyl (C=O) groups is 1. The molecule has 1 aromatic rings. The average Bonchev–Trinajstić information content (AvgIpc) is 2.84. The molecule has 0 heterocycles. The molecular formula is C17H25FN2O. The van der Waals surface area contributed by atoms with Gasteiger partial charge in [-0.3, -0.25) is 4.79 Å². The molecule has 3 N–H and O–H groups in total. The Balaban J connectivity index is 2.02. The summed E-state index contributed by atoms with van der Waals surface area (Å²) in [5.41, 5.74) is 6.49. The summed E-state index contributed by atoms with van der Waals surface area (Å²) in [5, 5.41) is 3.01. The van der Waals surface area contributed by atoms with Gasteiger partial charge in [-0.15, -0.1) is 0 Å². The summed E-state index contributed by atoms with van der Waals surface area (Å²) in [5.74, 6) is -0.00505. The van der Waals surface area contributed by atoms with E-state index in [0.29, 0.717) is 18.0 Å². The van der Waals surface area contributed by atoms with E-state index < -0.39 is 5.82 Å². The van der Waals surface area contributed by atoms with E-state index in [4.69, 9.17) is 5.73 Å². The molecule has 1 aliphatic rings. The molecular weight excluding hydrogens is 267 g/mol. The van der Waals surface area contributed by atoms with Gasteiger partial charge in [-0.05, 0) is 48.8 Å². The van der Waals surface area contributed by atoms with Crippen molar-refractivity contribution < 1.29 is 9.18 Å². The first-order valence-electron chi connectivity index (χ1n) is 7.75. The minimum absolute atomic E-state index is 0.192. The zero-order valence-electron chi connectivity index (χ0n) is 12.9. The van der Waals surface area contributed by atoms with Crippen LogP contribution in [0.3, 0.4) is 0 Å². The topological polar surface area (TPSA) is 55.1 Å². The molecule has 0 atom stereocenters. The Hall–Kier alpha value is -1.58. The van der Waals surface area contributed by atoms with Crippen molar-refractivity contribution in [3.05, 3.63) is 29.6 Å². The van der Waals surface area contributed by atoms with Gasteiger partial charge in [0.05, 0.1) is 5.56 Å². The number of nitrogens with two attached hydrogens (primary N) is 1. The molecule has 1 amide bonds. The number of hydrogen-bond donors (Lipinski definition) is 2. The number of amides is 1. The third-order valence-corrected chi connectivity index (χ3v) is 4.39. The third kappa shape index (κ3) is 3.96. The molecule has 0 unspecified atom stereocenters.